The third-order valence-electron chi connectivity index (χ3n) is 6.43. The van der Waals surface area contributed by atoms with Crippen LogP contribution in [-0.4, -0.2) is 67.7 Å². The summed E-state index contributed by atoms with van der Waals surface area (Å²) in [4.78, 5) is 14.2. The second kappa shape index (κ2) is 9.58. The number of hydrogen-bond donors (Lipinski definition) is 0. The Morgan fingerprint density at radius 2 is 1.59 bits per heavy atom. The summed E-state index contributed by atoms with van der Waals surface area (Å²) >= 11 is 5.92. The molecule has 1 saturated heterocycles. The first-order chi connectivity index (χ1) is 17.5. The summed E-state index contributed by atoms with van der Waals surface area (Å²) in [6.07, 6.45) is -4.84. The molecule has 0 bridgehead atoms. The van der Waals surface area contributed by atoms with Gasteiger partial charge in [0.1, 0.15) is 0 Å². The van der Waals surface area contributed by atoms with E-state index >= 15 is 0 Å². The molecule has 0 atom stereocenters. The summed E-state index contributed by atoms with van der Waals surface area (Å²) in [6, 6.07) is 14.8. The van der Waals surface area contributed by atoms with Gasteiger partial charge in [0, 0.05) is 49.0 Å². The fraction of sp³-hybridized carbons (Fsp3) is 0.292. The summed E-state index contributed by atoms with van der Waals surface area (Å²) in [6.45, 7) is 1.06. The topological polar surface area (TPSA) is 86.7 Å². The molecule has 0 radical (unpaired) electrons. The largest absolute Gasteiger partial charge is 0.471 e. The van der Waals surface area contributed by atoms with E-state index in [2.05, 4.69) is 10.2 Å². The molecule has 2 aliphatic heterocycles. The van der Waals surface area contributed by atoms with Crippen LogP contribution >= 0.6 is 11.6 Å². The Morgan fingerprint density at radius 1 is 0.892 bits per heavy atom. The highest BCUT2D eigenvalue weighted by atomic mass is 35.5. The molecule has 0 N–H and O–H groups in total. The maximum Gasteiger partial charge on any atom is 0.471 e. The molecule has 0 spiro atoms. The number of carbonyl (C=O) groups is 1. The number of rotatable bonds is 4. The summed E-state index contributed by atoms with van der Waals surface area (Å²) in [7, 11) is -3.87. The first-order valence-corrected chi connectivity index (χ1v) is 13.2. The lowest BCUT2D eigenvalue weighted by molar-refractivity contribution is -0.170. The molecule has 3 heterocycles. The zero-order valence-electron chi connectivity index (χ0n) is 19.3. The van der Waals surface area contributed by atoms with Crippen LogP contribution in [0.4, 0.5) is 24.7 Å². The van der Waals surface area contributed by atoms with Gasteiger partial charge in [-0.1, -0.05) is 23.7 Å². The van der Waals surface area contributed by atoms with Gasteiger partial charge in [-0.15, -0.1) is 10.2 Å². The molecular weight excluding hydrogens is 531 g/mol. The summed E-state index contributed by atoms with van der Waals surface area (Å²) < 4.78 is 66.4. The number of hydrogen-bond acceptors (Lipinski definition) is 6. The van der Waals surface area contributed by atoms with Crippen molar-refractivity contribution in [1.29, 1.82) is 0 Å². The number of sulfonamides is 1. The molecule has 0 saturated carbocycles. The van der Waals surface area contributed by atoms with E-state index in [1.54, 1.807) is 12.1 Å². The maximum absolute atomic E-state index is 13.2. The van der Waals surface area contributed by atoms with Crippen molar-refractivity contribution in [2.45, 2.75) is 17.5 Å². The molecule has 0 unspecified atom stereocenters. The van der Waals surface area contributed by atoms with Crippen LogP contribution in [0.3, 0.4) is 0 Å². The number of anilines is 2. The highest BCUT2D eigenvalue weighted by Crippen LogP contribution is 2.34. The molecule has 13 heteroatoms. The average Bonchev–Trinajstić information content (AvgIpc) is 3.31. The lowest BCUT2D eigenvalue weighted by atomic mass is 10.1. The van der Waals surface area contributed by atoms with Gasteiger partial charge in [-0.2, -0.15) is 17.5 Å². The van der Waals surface area contributed by atoms with Crippen LogP contribution in [0.2, 0.25) is 5.02 Å². The number of carbonyl (C=O) groups excluding carboxylic acids is 1. The second-order valence-electron chi connectivity index (χ2n) is 8.67. The lowest BCUT2D eigenvalue weighted by Gasteiger charge is -2.34. The SMILES string of the molecule is O=C(N1CCc2cc(S(=O)(=O)N3CCN(c4ccc(-c5ccc(Cl)cc5)nn4)CC3)ccc21)C(F)(F)F. The predicted molar refractivity (Wildman–Crippen MR) is 132 cm³/mol. The monoisotopic (exact) mass is 551 g/mol. The van der Waals surface area contributed by atoms with Crippen LogP contribution in [-0.2, 0) is 21.2 Å². The van der Waals surface area contributed by atoms with Gasteiger partial charge in [-0.3, -0.25) is 4.79 Å². The predicted octanol–water partition coefficient (Wildman–Crippen LogP) is 3.76. The summed E-state index contributed by atoms with van der Waals surface area (Å²) in [5, 5.41) is 9.18. The number of aromatic nitrogens is 2. The molecule has 37 heavy (non-hydrogen) atoms. The van der Waals surface area contributed by atoms with Crippen molar-refractivity contribution in [3.63, 3.8) is 0 Å². The van der Waals surface area contributed by atoms with Crippen molar-refractivity contribution in [2.75, 3.05) is 42.5 Å². The third kappa shape index (κ3) is 5.00. The quantitative estimate of drug-likeness (QED) is 0.491. The van der Waals surface area contributed by atoms with Gasteiger partial charge in [0.15, 0.2) is 5.82 Å². The Kier molecular flexibility index (Phi) is 6.59. The van der Waals surface area contributed by atoms with Gasteiger partial charge in [0.2, 0.25) is 10.0 Å². The van der Waals surface area contributed by atoms with Crippen LogP contribution in [0, 0.1) is 0 Å². The van der Waals surface area contributed by atoms with E-state index < -0.39 is 22.1 Å². The number of alkyl halides is 3. The molecular formula is C24H21ClF3N5O3S. The average molecular weight is 552 g/mol. The Bertz CT molecular complexity index is 1430. The van der Waals surface area contributed by atoms with E-state index in [1.165, 1.54) is 22.5 Å². The van der Waals surface area contributed by atoms with E-state index in [1.807, 2.05) is 29.2 Å². The fourth-order valence-electron chi connectivity index (χ4n) is 4.48. The molecule has 1 aromatic heterocycles. The highest BCUT2D eigenvalue weighted by Gasteiger charge is 2.45. The van der Waals surface area contributed by atoms with Crippen LogP contribution < -0.4 is 9.80 Å². The van der Waals surface area contributed by atoms with E-state index in [0.717, 1.165) is 5.56 Å². The van der Waals surface area contributed by atoms with Crippen LogP contribution in [0.25, 0.3) is 11.3 Å². The lowest BCUT2D eigenvalue weighted by Crippen LogP contribution is -2.49. The zero-order valence-corrected chi connectivity index (χ0v) is 20.9. The van der Waals surface area contributed by atoms with Crippen LogP contribution in [0.1, 0.15) is 5.56 Å². The number of halogens is 4. The molecule has 3 aromatic rings. The minimum atomic E-state index is -4.99. The van der Waals surface area contributed by atoms with Crippen molar-refractivity contribution in [2.24, 2.45) is 0 Å². The molecule has 2 aromatic carbocycles. The number of nitrogens with zero attached hydrogens (tertiary/aromatic N) is 5. The fourth-order valence-corrected chi connectivity index (χ4v) is 6.08. The summed E-state index contributed by atoms with van der Waals surface area (Å²) in [5.74, 6) is -1.33. The smallest absolute Gasteiger partial charge is 0.352 e. The minimum absolute atomic E-state index is 0.00637. The Hall–Kier alpha value is -3.22. The van der Waals surface area contributed by atoms with Gasteiger partial charge < -0.3 is 9.80 Å². The Balaban J connectivity index is 1.25. The van der Waals surface area contributed by atoms with Crippen molar-refractivity contribution in [1.82, 2.24) is 14.5 Å². The van der Waals surface area contributed by atoms with Crippen molar-refractivity contribution in [3.8, 4) is 11.3 Å². The van der Waals surface area contributed by atoms with Gasteiger partial charge in [-0.05, 0) is 54.4 Å². The van der Waals surface area contributed by atoms with Crippen molar-refractivity contribution >= 4 is 39.0 Å². The maximum atomic E-state index is 13.2. The molecule has 194 valence electrons. The molecule has 0 aliphatic carbocycles. The van der Waals surface area contributed by atoms with Gasteiger partial charge in [-0.25, -0.2) is 8.42 Å². The van der Waals surface area contributed by atoms with E-state index in [0.29, 0.717) is 40.1 Å². The summed E-state index contributed by atoms with van der Waals surface area (Å²) in [5.41, 5.74) is 2.05. The molecule has 1 amide bonds. The zero-order chi connectivity index (χ0) is 26.4. The molecule has 1 fully saturated rings. The van der Waals surface area contributed by atoms with E-state index in [4.69, 9.17) is 11.6 Å². The first-order valence-electron chi connectivity index (χ1n) is 11.4. The van der Waals surface area contributed by atoms with Gasteiger partial charge in [0.05, 0.1) is 10.6 Å². The molecule has 5 rings (SSSR count). The molecule has 2 aliphatic rings. The van der Waals surface area contributed by atoms with Gasteiger partial charge in [0.25, 0.3) is 0 Å². The van der Waals surface area contributed by atoms with E-state index in [9.17, 15) is 26.4 Å². The third-order valence-corrected chi connectivity index (χ3v) is 8.57. The van der Waals surface area contributed by atoms with E-state index in [-0.39, 0.29) is 36.6 Å². The van der Waals surface area contributed by atoms with Crippen molar-refractivity contribution < 1.29 is 26.4 Å². The van der Waals surface area contributed by atoms with Crippen LogP contribution in [0.5, 0.6) is 0 Å². The number of amides is 1. The van der Waals surface area contributed by atoms with Crippen molar-refractivity contribution in [3.05, 3.63) is 65.2 Å². The first kappa shape index (κ1) is 25.4. The Morgan fingerprint density at radius 3 is 2.22 bits per heavy atom. The molecule has 8 nitrogen and oxygen atoms in total. The second-order valence-corrected chi connectivity index (χ2v) is 11.0. The number of piperazine rings is 1. The Labute approximate surface area is 216 Å². The normalized spacial score (nSPS) is 16.6. The van der Waals surface area contributed by atoms with Gasteiger partial charge >= 0.3 is 12.1 Å². The highest BCUT2D eigenvalue weighted by molar-refractivity contribution is 7.89. The standard InChI is InChI=1S/C24H21ClF3N5O3S/c25-18-3-1-16(2-4-18)20-6-8-22(30-29-20)31-11-13-32(14-12-31)37(35,36)19-5-7-21-17(15-19)9-10-33(21)23(34)24(26,27)28/h1-8,15H,9-14H2. The minimum Gasteiger partial charge on any atom is -0.352 e. The number of benzene rings is 2. The van der Waals surface area contributed by atoms with Crippen LogP contribution in [0.15, 0.2) is 59.5 Å². The number of fused-ring (bicyclic) bond motifs is 1.